The molecule has 1 aromatic heterocycles. The Kier molecular flexibility index (Phi) is 10.1. The number of fused-ring (bicyclic) bond motifs is 2. The van der Waals surface area contributed by atoms with Crippen molar-refractivity contribution in [3.63, 3.8) is 0 Å². The summed E-state index contributed by atoms with van der Waals surface area (Å²) in [6.07, 6.45) is 12.2. The number of piperidine rings is 2. The third kappa shape index (κ3) is 7.13. The number of likely N-dealkylation sites (tertiary alicyclic amines) is 1. The smallest absolute Gasteiger partial charge is 0.264 e. The van der Waals surface area contributed by atoms with E-state index in [0.717, 1.165) is 60.5 Å². The number of primary amides is 1. The van der Waals surface area contributed by atoms with Crippen LogP contribution in [0.5, 0.6) is 0 Å². The number of H-pyrrole nitrogens is 1. The zero-order valence-electron chi connectivity index (χ0n) is 31.6. The molecule has 0 saturated carbocycles. The van der Waals surface area contributed by atoms with Crippen LogP contribution in [0, 0.1) is 11.3 Å². The molecule has 5 heterocycles. The van der Waals surface area contributed by atoms with Crippen LogP contribution in [0.15, 0.2) is 60.2 Å². The first kappa shape index (κ1) is 37.3. The number of benzene rings is 2. The second kappa shape index (κ2) is 15.1. The molecule has 5 N–H and O–H groups in total. The van der Waals surface area contributed by atoms with Gasteiger partial charge in [-0.1, -0.05) is 37.1 Å². The number of anilines is 2. The fraction of sp³-hybridized carbons (Fsp3) is 0.452. The maximum atomic E-state index is 13.6. The minimum absolute atomic E-state index is 0.0698. The molecule has 56 heavy (non-hydrogen) atoms. The molecule has 0 bridgehead atoms. The molecule has 292 valence electrons. The summed E-state index contributed by atoms with van der Waals surface area (Å²) in [5.74, 6) is -1.40. The van der Waals surface area contributed by atoms with Crippen molar-refractivity contribution in [2.45, 2.75) is 89.8 Å². The molecule has 3 saturated heterocycles. The topological polar surface area (TPSA) is 191 Å². The summed E-state index contributed by atoms with van der Waals surface area (Å²) < 4.78 is 0. The number of nitrogens with one attached hydrogen (secondary N) is 3. The van der Waals surface area contributed by atoms with Gasteiger partial charge in [0.25, 0.3) is 17.7 Å². The van der Waals surface area contributed by atoms with Gasteiger partial charge in [-0.3, -0.25) is 43.9 Å². The summed E-state index contributed by atoms with van der Waals surface area (Å²) in [6.45, 7) is 5.47. The van der Waals surface area contributed by atoms with E-state index in [1.165, 1.54) is 12.8 Å². The molecule has 2 unspecified atom stereocenters. The molecule has 1 aliphatic carbocycles. The molecule has 0 spiro atoms. The number of rotatable bonds is 11. The number of hydrogen-bond donors (Lipinski definition) is 4. The van der Waals surface area contributed by atoms with Crippen LogP contribution >= 0.6 is 0 Å². The number of carbonyl (C=O) groups excluding carboxylic acids is 6. The predicted molar refractivity (Wildman–Crippen MR) is 209 cm³/mol. The number of imide groups is 2. The second-order valence-electron chi connectivity index (χ2n) is 16.0. The Balaban J connectivity index is 0.831. The lowest BCUT2D eigenvalue weighted by atomic mass is 9.74. The number of amides is 6. The third-order valence-corrected chi connectivity index (χ3v) is 12.5. The van der Waals surface area contributed by atoms with Crippen molar-refractivity contribution in [2.75, 3.05) is 29.9 Å². The number of carbonyl (C=O) groups is 6. The van der Waals surface area contributed by atoms with Gasteiger partial charge in [-0.15, -0.1) is 0 Å². The standard InChI is InChI=1S/C42H48N8O6/c1-25-5-4-20-49(25)24-34-45-30-10-9-28(23-31(30)46-34)44-37(52)27-13-18-42(19-14-27,41(43)56)17-3-6-26-15-21-48(22-16-26)32-8-2-7-29-36(32)40(55)50(39(29)54)33-11-12-35(51)47-38(33)53/h2,7-10,13-14,18,23,25-26,33H,3-6,11-12,15-17,19-22,24H2,1H3,(H2,43,56)(H,44,52)(H,45,46)(H,47,51,53)/t25-,33?,42?/m0/s1. The van der Waals surface area contributed by atoms with Crippen molar-refractivity contribution in [1.29, 1.82) is 0 Å². The average molecular weight is 761 g/mol. The average Bonchev–Trinajstić information content (AvgIpc) is 3.86. The number of imidazole rings is 1. The maximum Gasteiger partial charge on any atom is 0.264 e. The van der Waals surface area contributed by atoms with E-state index < -0.39 is 41.0 Å². The number of nitrogens with zero attached hydrogens (tertiary/aromatic N) is 4. The van der Waals surface area contributed by atoms with Gasteiger partial charge in [-0.05, 0) is 94.7 Å². The molecular weight excluding hydrogens is 713 g/mol. The van der Waals surface area contributed by atoms with Gasteiger partial charge < -0.3 is 20.9 Å². The maximum absolute atomic E-state index is 13.6. The van der Waals surface area contributed by atoms with Crippen molar-refractivity contribution in [3.8, 4) is 0 Å². The molecule has 3 atom stereocenters. The minimum Gasteiger partial charge on any atom is -0.371 e. The van der Waals surface area contributed by atoms with Crippen LogP contribution in [0.25, 0.3) is 11.0 Å². The van der Waals surface area contributed by atoms with Crippen molar-refractivity contribution in [2.24, 2.45) is 17.1 Å². The van der Waals surface area contributed by atoms with Crippen LogP contribution in [0.2, 0.25) is 0 Å². The van der Waals surface area contributed by atoms with Crippen molar-refractivity contribution in [1.82, 2.24) is 25.1 Å². The lowest BCUT2D eigenvalue weighted by molar-refractivity contribution is -0.136. The van der Waals surface area contributed by atoms with Crippen molar-refractivity contribution in [3.05, 3.63) is 77.2 Å². The van der Waals surface area contributed by atoms with E-state index in [1.807, 2.05) is 24.3 Å². The number of hydrogen-bond acceptors (Lipinski definition) is 9. The normalized spacial score (nSPS) is 24.5. The largest absolute Gasteiger partial charge is 0.371 e. The van der Waals surface area contributed by atoms with Crippen LogP contribution in [0.3, 0.4) is 0 Å². The van der Waals surface area contributed by atoms with E-state index in [9.17, 15) is 28.8 Å². The lowest BCUT2D eigenvalue weighted by Gasteiger charge is -2.35. The number of nitrogens with two attached hydrogens (primary N) is 1. The first-order valence-electron chi connectivity index (χ1n) is 19.8. The van der Waals surface area contributed by atoms with E-state index >= 15 is 0 Å². The zero-order valence-corrected chi connectivity index (χ0v) is 31.6. The zero-order chi connectivity index (χ0) is 39.1. The summed E-state index contributed by atoms with van der Waals surface area (Å²) in [6, 6.07) is 10.4. The van der Waals surface area contributed by atoms with Gasteiger partial charge in [-0.25, -0.2) is 4.98 Å². The first-order valence-corrected chi connectivity index (χ1v) is 19.8. The highest BCUT2D eigenvalue weighted by molar-refractivity contribution is 6.25. The SMILES string of the molecule is C[C@H]1CCCN1Cc1nc2ccc(NC(=O)C3=CCC(CCCC4CCN(c5cccc6c5C(=O)N(C5CCC(=O)NC5=O)C6=O)CC4)(C(N)=O)C=C3)cc2[nH]1. The molecule has 2 aromatic carbocycles. The quantitative estimate of drug-likeness (QED) is 0.206. The van der Waals surface area contributed by atoms with E-state index in [2.05, 4.69) is 32.3 Å². The number of aromatic nitrogens is 2. The van der Waals surface area contributed by atoms with Gasteiger partial charge in [0.05, 0.1) is 39.8 Å². The number of allylic oxidation sites excluding steroid dienone is 1. The lowest BCUT2D eigenvalue weighted by Crippen LogP contribution is -2.54. The molecule has 5 aliphatic rings. The monoisotopic (exact) mass is 760 g/mol. The van der Waals surface area contributed by atoms with Crippen LogP contribution < -0.4 is 21.3 Å². The fourth-order valence-electron chi connectivity index (χ4n) is 9.10. The van der Waals surface area contributed by atoms with Crippen LogP contribution in [0.1, 0.15) is 97.7 Å². The Morgan fingerprint density at radius 1 is 1.02 bits per heavy atom. The predicted octanol–water partition coefficient (Wildman–Crippen LogP) is 4.33. The summed E-state index contributed by atoms with van der Waals surface area (Å²) in [5, 5.41) is 5.23. The van der Waals surface area contributed by atoms with Gasteiger partial charge in [0.15, 0.2) is 0 Å². The first-order chi connectivity index (χ1) is 27.0. The summed E-state index contributed by atoms with van der Waals surface area (Å²) in [7, 11) is 0. The molecule has 8 rings (SSSR count). The molecular formula is C42H48N8O6. The Morgan fingerprint density at radius 2 is 1.84 bits per heavy atom. The summed E-state index contributed by atoms with van der Waals surface area (Å²) in [5.41, 5.74) is 9.23. The van der Waals surface area contributed by atoms with Crippen molar-refractivity contribution >= 4 is 57.9 Å². The van der Waals surface area contributed by atoms with Crippen LogP contribution in [0.4, 0.5) is 11.4 Å². The minimum atomic E-state index is -1.01. The molecule has 3 fully saturated rings. The molecule has 14 nitrogen and oxygen atoms in total. The van der Waals surface area contributed by atoms with Gasteiger partial charge in [0.1, 0.15) is 11.9 Å². The molecule has 3 aromatic rings. The van der Waals surface area contributed by atoms with Crippen LogP contribution in [-0.2, 0) is 25.7 Å². The van der Waals surface area contributed by atoms with Gasteiger partial charge >= 0.3 is 0 Å². The van der Waals surface area contributed by atoms with Gasteiger partial charge in [0.2, 0.25) is 17.7 Å². The molecule has 14 heteroatoms. The van der Waals surface area contributed by atoms with E-state index in [-0.39, 0.29) is 24.3 Å². The molecule has 0 radical (unpaired) electrons. The Bertz CT molecular complexity index is 2180. The summed E-state index contributed by atoms with van der Waals surface area (Å²) >= 11 is 0. The highest BCUT2D eigenvalue weighted by atomic mass is 16.2. The van der Waals surface area contributed by atoms with Gasteiger partial charge in [-0.2, -0.15) is 0 Å². The molecule has 4 aliphatic heterocycles. The van der Waals surface area contributed by atoms with Gasteiger partial charge in [0, 0.05) is 36.8 Å². The third-order valence-electron chi connectivity index (χ3n) is 12.5. The van der Waals surface area contributed by atoms with Crippen molar-refractivity contribution < 1.29 is 28.8 Å². The van der Waals surface area contributed by atoms with E-state index in [1.54, 1.807) is 30.4 Å². The summed E-state index contributed by atoms with van der Waals surface area (Å²) in [4.78, 5) is 90.9. The number of aromatic amines is 1. The van der Waals surface area contributed by atoms with Crippen LogP contribution in [-0.4, -0.2) is 86.9 Å². The Hall–Kier alpha value is -5.63. The fourth-order valence-corrected chi connectivity index (χ4v) is 9.10. The Morgan fingerprint density at radius 3 is 2.55 bits per heavy atom. The van der Waals surface area contributed by atoms with E-state index in [4.69, 9.17) is 10.7 Å². The molecule has 6 amide bonds. The highest BCUT2D eigenvalue weighted by Crippen LogP contribution is 2.39. The highest BCUT2D eigenvalue weighted by Gasteiger charge is 2.46. The second-order valence-corrected chi connectivity index (χ2v) is 16.0. The van der Waals surface area contributed by atoms with E-state index in [0.29, 0.717) is 60.4 Å². The Labute approximate surface area is 324 Å².